The number of carbonyl (C=O) groups is 1. The number of benzene rings is 1. The number of morpholine rings is 1. The predicted molar refractivity (Wildman–Crippen MR) is 122 cm³/mol. The number of imidazole rings is 1. The molecule has 1 saturated heterocycles. The lowest BCUT2D eigenvalue weighted by Crippen LogP contribution is -2.35. The van der Waals surface area contributed by atoms with Gasteiger partial charge in [0.2, 0.25) is 0 Å². The minimum atomic E-state index is -4.74. The Morgan fingerprint density at radius 3 is 2.66 bits per heavy atom. The fourth-order valence-corrected chi connectivity index (χ4v) is 4.05. The van der Waals surface area contributed by atoms with Crippen LogP contribution in [0, 0.1) is 0 Å². The number of aromatic nitrogens is 4. The van der Waals surface area contributed by atoms with Crippen LogP contribution < -0.4 is 5.32 Å². The van der Waals surface area contributed by atoms with Crippen molar-refractivity contribution in [1.29, 1.82) is 0 Å². The Hall–Kier alpha value is -3.83. The molecule has 0 radical (unpaired) electrons. The molecule has 0 unspecified atom stereocenters. The molecule has 1 amide bonds. The van der Waals surface area contributed by atoms with Crippen LogP contribution in [0.25, 0.3) is 16.9 Å². The van der Waals surface area contributed by atoms with Crippen molar-refractivity contribution < 1.29 is 22.7 Å². The van der Waals surface area contributed by atoms with E-state index in [9.17, 15) is 18.0 Å². The lowest BCUT2D eigenvalue weighted by atomic mass is 10.0. The number of halogens is 3. The summed E-state index contributed by atoms with van der Waals surface area (Å²) in [5.74, 6) is -0.757. The highest BCUT2D eigenvalue weighted by Crippen LogP contribution is 2.41. The van der Waals surface area contributed by atoms with Gasteiger partial charge in [0.15, 0.2) is 11.3 Å². The van der Waals surface area contributed by atoms with Crippen LogP contribution >= 0.6 is 0 Å². The molecule has 180 valence electrons. The average molecular weight is 482 g/mol. The molecule has 1 aliphatic rings. The van der Waals surface area contributed by atoms with E-state index in [1.54, 1.807) is 24.3 Å². The Kier molecular flexibility index (Phi) is 6.18. The average Bonchev–Trinajstić information content (AvgIpc) is 3.28. The summed E-state index contributed by atoms with van der Waals surface area (Å²) in [4.78, 5) is 23.6. The third-order valence-electron chi connectivity index (χ3n) is 5.68. The highest BCUT2D eigenvalue weighted by atomic mass is 19.4. The monoisotopic (exact) mass is 482 g/mol. The maximum Gasteiger partial charge on any atom is 0.419 e. The van der Waals surface area contributed by atoms with Crippen LogP contribution in [0.15, 0.2) is 60.9 Å². The summed E-state index contributed by atoms with van der Waals surface area (Å²) < 4.78 is 49.5. The predicted octanol–water partition coefficient (Wildman–Crippen LogP) is 3.89. The number of amides is 1. The van der Waals surface area contributed by atoms with E-state index in [-0.39, 0.29) is 22.6 Å². The first-order valence-corrected chi connectivity index (χ1v) is 11.0. The molecule has 35 heavy (non-hydrogen) atoms. The van der Waals surface area contributed by atoms with Crippen molar-refractivity contribution in [3.05, 3.63) is 77.9 Å². The molecule has 8 nitrogen and oxygen atoms in total. The van der Waals surface area contributed by atoms with Crippen LogP contribution in [0.4, 0.5) is 18.9 Å². The molecule has 5 rings (SSSR count). The summed E-state index contributed by atoms with van der Waals surface area (Å²) in [6, 6.07) is 12.3. The van der Waals surface area contributed by atoms with E-state index >= 15 is 0 Å². The number of pyridine rings is 1. The molecule has 0 bridgehead atoms. The minimum absolute atomic E-state index is 0.0183. The van der Waals surface area contributed by atoms with E-state index in [4.69, 9.17) is 4.74 Å². The van der Waals surface area contributed by atoms with Gasteiger partial charge < -0.3 is 10.1 Å². The number of nitrogens with zero attached hydrogens (tertiary/aromatic N) is 5. The number of fused-ring (bicyclic) bond motifs is 1. The number of hydrogen-bond acceptors (Lipinski definition) is 6. The van der Waals surface area contributed by atoms with Crippen molar-refractivity contribution in [2.45, 2.75) is 12.7 Å². The number of carbonyl (C=O) groups excluding carboxylic acids is 1. The fraction of sp³-hybridized carbons (Fsp3) is 0.250. The number of ether oxygens (including phenoxy) is 1. The first-order valence-electron chi connectivity index (χ1n) is 11.0. The summed E-state index contributed by atoms with van der Waals surface area (Å²) in [5.41, 5.74) is -0.194. The Bertz CT molecular complexity index is 1360. The van der Waals surface area contributed by atoms with Crippen molar-refractivity contribution >= 4 is 17.2 Å². The molecule has 1 fully saturated rings. The van der Waals surface area contributed by atoms with Gasteiger partial charge in [-0.05, 0) is 30.3 Å². The molecule has 0 spiro atoms. The molecule has 0 saturated carbocycles. The van der Waals surface area contributed by atoms with Gasteiger partial charge in [0, 0.05) is 31.4 Å². The molecule has 11 heteroatoms. The highest BCUT2D eigenvalue weighted by molar-refractivity contribution is 6.04. The van der Waals surface area contributed by atoms with Gasteiger partial charge in [-0.1, -0.05) is 18.2 Å². The number of hydrogen-bond donors (Lipinski definition) is 1. The van der Waals surface area contributed by atoms with E-state index < -0.39 is 17.6 Å². The fourth-order valence-electron chi connectivity index (χ4n) is 4.05. The Morgan fingerprint density at radius 1 is 1.06 bits per heavy atom. The Labute approximate surface area is 198 Å². The van der Waals surface area contributed by atoms with Gasteiger partial charge in [0.05, 0.1) is 42.0 Å². The molecule has 3 aromatic heterocycles. The standard InChI is InChI=1S/C24H21F3N6O2/c25-24(26,27)22-17(18-6-1-4-16(30-18)15-32-10-12-35-13-11-32)5-2-7-19(22)31-23(34)20-14-28-21-8-3-9-29-33(20)21/h1-9,14H,10-13,15H2,(H,31,34). The van der Waals surface area contributed by atoms with Crippen molar-refractivity contribution in [2.24, 2.45) is 0 Å². The number of nitrogens with one attached hydrogen (secondary N) is 1. The quantitative estimate of drug-likeness (QED) is 0.465. The van der Waals surface area contributed by atoms with Crippen molar-refractivity contribution in [3.63, 3.8) is 0 Å². The van der Waals surface area contributed by atoms with Gasteiger partial charge in [-0.15, -0.1) is 0 Å². The van der Waals surface area contributed by atoms with Crippen molar-refractivity contribution in [2.75, 3.05) is 31.6 Å². The zero-order valence-electron chi connectivity index (χ0n) is 18.5. The molecule has 1 N–H and O–H groups in total. The van der Waals surface area contributed by atoms with Crippen molar-refractivity contribution in [3.8, 4) is 11.3 Å². The third kappa shape index (κ3) is 4.86. The SMILES string of the molecule is O=C(Nc1cccc(-c2cccc(CN3CCOCC3)n2)c1C(F)(F)F)c1cnc2cccnn12. The number of rotatable bonds is 5. The van der Waals surface area contributed by atoms with Crippen molar-refractivity contribution in [1.82, 2.24) is 24.5 Å². The summed E-state index contributed by atoms with van der Waals surface area (Å²) in [5, 5.41) is 6.44. The van der Waals surface area contributed by atoms with Gasteiger partial charge >= 0.3 is 6.18 Å². The maximum absolute atomic E-state index is 14.3. The van der Waals surface area contributed by atoms with E-state index in [0.717, 1.165) is 13.1 Å². The summed E-state index contributed by atoms with van der Waals surface area (Å²) >= 11 is 0. The molecule has 1 aromatic carbocycles. The largest absolute Gasteiger partial charge is 0.419 e. The molecule has 0 aliphatic carbocycles. The first-order chi connectivity index (χ1) is 16.9. The van der Waals surface area contributed by atoms with Gasteiger partial charge in [-0.3, -0.25) is 14.7 Å². The van der Waals surface area contributed by atoms with Crippen LogP contribution in [-0.2, 0) is 17.5 Å². The normalized spacial score (nSPS) is 14.8. The lowest BCUT2D eigenvalue weighted by molar-refractivity contribution is -0.136. The summed E-state index contributed by atoms with van der Waals surface area (Å²) in [6.45, 7) is 3.21. The minimum Gasteiger partial charge on any atom is -0.379 e. The zero-order chi connectivity index (χ0) is 24.4. The molecule has 0 atom stereocenters. The van der Waals surface area contributed by atoms with E-state index in [1.165, 1.54) is 41.2 Å². The Morgan fingerprint density at radius 2 is 1.86 bits per heavy atom. The van der Waals surface area contributed by atoms with Crippen LogP contribution in [-0.4, -0.2) is 56.7 Å². The highest BCUT2D eigenvalue weighted by Gasteiger charge is 2.37. The molecule has 1 aliphatic heterocycles. The van der Waals surface area contributed by atoms with Gasteiger partial charge in [-0.2, -0.15) is 18.3 Å². The lowest BCUT2D eigenvalue weighted by Gasteiger charge is -2.26. The molecular formula is C24H21F3N6O2. The van der Waals surface area contributed by atoms with E-state index in [2.05, 4.69) is 25.3 Å². The smallest absolute Gasteiger partial charge is 0.379 e. The van der Waals surface area contributed by atoms with Crippen LogP contribution in [0.5, 0.6) is 0 Å². The molecular weight excluding hydrogens is 461 g/mol. The summed E-state index contributed by atoms with van der Waals surface area (Å²) in [6.07, 6.45) is -2.01. The van der Waals surface area contributed by atoms with Crippen LogP contribution in [0.2, 0.25) is 0 Å². The number of anilines is 1. The maximum atomic E-state index is 14.3. The van der Waals surface area contributed by atoms with Crippen LogP contribution in [0.3, 0.4) is 0 Å². The summed E-state index contributed by atoms with van der Waals surface area (Å²) in [7, 11) is 0. The Balaban J connectivity index is 1.49. The van der Waals surface area contributed by atoms with Gasteiger partial charge in [0.25, 0.3) is 5.91 Å². The topological polar surface area (TPSA) is 84.7 Å². The van der Waals surface area contributed by atoms with E-state index in [1.807, 2.05) is 0 Å². The third-order valence-corrected chi connectivity index (χ3v) is 5.68. The zero-order valence-corrected chi connectivity index (χ0v) is 18.5. The molecule has 4 heterocycles. The first kappa shape index (κ1) is 22.9. The molecule has 4 aromatic rings. The van der Waals surface area contributed by atoms with Gasteiger partial charge in [0.1, 0.15) is 0 Å². The van der Waals surface area contributed by atoms with Gasteiger partial charge in [-0.25, -0.2) is 9.50 Å². The second-order valence-corrected chi connectivity index (χ2v) is 8.02. The van der Waals surface area contributed by atoms with Crippen LogP contribution in [0.1, 0.15) is 21.7 Å². The second kappa shape index (κ2) is 9.43. The van der Waals surface area contributed by atoms with E-state index in [0.29, 0.717) is 31.1 Å². The number of alkyl halides is 3. The second-order valence-electron chi connectivity index (χ2n) is 8.02.